The van der Waals surface area contributed by atoms with Gasteiger partial charge in [-0.15, -0.1) is 0 Å². The van der Waals surface area contributed by atoms with E-state index in [-0.39, 0.29) is 5.69 Å². The van der Waals surface area contributed by atoms with Crippen LogP contribution >= 0.6 is 0 Å². The van der Waals surface area contributed by atoms with Crippen LogP contribution in [0.15, 0.2) is 41.3 Å². The molecule has 1 aromatic carbocycles. The maximum atomic E-state index is 12.3. The van der Waals surface area contributed by atoms with E-state index in [2.05, 4.69) is 32.3 Å². The van der Waals surface area contributed by atoms with E-state index in [0.29, 0.717) is 11.3 Å². The quantitative estimate of drug-likeness (QED) is 0.648. The molecule has 2 aromatic heterocycles. The number of hydrogen-bond acceptors (Lipinski definition) is 5. The van der Waals surface area contributed by atoms with Crippen LogP contribution in [0.1, 0.15) is 0 Å². The van der Waals surface area contributed by atoms with E-state index in [0.717, 1.165) is 37.4 Å². The van der Waals surface area contributed by atoms with Crippen molar-refractivity contribution in [2.24, 2.45) is 0 Å². The number of fused-ring (bicyclic) bond motifs is 1. The molecule has 0 aliphatic carbocycles. The summed E-state index contributed by atoms with van der Waals surface area (Å²) >= 11 is 0. The van der Waals surface area contributed by atoms with Crippen molar-refractivity contribution in [2.45, 2.75) is 0 Å². The summed E-state index contributed by atoms with van der Waals surface area (Å²) < 4.78 is 1.62. The lowest BCUT2D eigenvalue weighted by Crippen LogP contribution is -2.43. The molecule has 0 saturated carbocycles. The molecule has 0 radical (unpaired) electrons. The van der Waals surface area contributed by atoms with Gasteiger partial charge in [-0.05, 0) is 30.3 Å². The second-order valence-corrected chi connectivity index (χ2v) is 5.61. The second-order valence-electron chi connectivity index (χ2n) is 5.61. The molecule has 1 aliphatic rings. The highest BCUT2D eigenvalue weighted by Crippen LogP contribution is 2.21. The molecule has 23 heavy (non-hydrogen) atoms. The molecule has 7 nitrogen and oxygen atoms in total. The Balaban J connectivity index is 1.75. The predicted molar refractivity (Wildman–Crippen MR) is 91.2 cm³/mol. The zero-order valence-corrected chi connectivity index (χ0v) is 12.6. The van der Waals surface area contributed by atoms with Gasteiger partial charge in [0.2, 0.25) is 0 Å². The van der Waals surface area contributed by atoms with Gasteiger partial charge in [0.15, 0.2) is 0 Å². The number of nitrogens with zero attached hydrogens (tertiary/aromatic N) is 3. The number of aromatic nitrogens is 3. The number of nitrogen functional groups attached to an aromatic ring is 1. The van der Waals surface area contributed by atoms with Gasteiger partial charge in [0.05, 0.1) is 11.2 Å². The number of piperazine rings is 1. The standard InChI is InChI=1S/C16H18N6O/c17-15-14-13(5-6-19-15)22(16(23)20-14)12-3-1-11(2-4-12)21-9-7-18-8-10-21/h1-6,18H,7-10H2,(H2,17,19)(H,20,23). The summed E-state index contributed by atoms with van der Waals surface area (Å²) in [7, 11) is 0. The van der Waals surface area contributed by atoms with E-state index in [9.17, 15) is 4.79 Å². The van der Waals surface area contributed by atoms with Crippen molar-refractivity contribution in [3.8, 4) is 5.69 Å². The highest BCUT2D eigenvalue weighted by Gasteiger charge is 2.13. The number of pyridine rings is 1. The van der Waals surface area contributed by atoms with Gasteiger partial charge in [0.25, 0.3) is 0 Å². The maximum Gasteiger partial charge on any atom is 0.331 e. The highest BCUT2D eigenvalue weighted by atomic mass is 16.1. The minimum absolute atomic E-state index is 0.213. The van der Waals surface area contributed by atoms with Gasteiger partial charge in [-0.2, -0.15) is 0 Å². The smallest absolute Gasteiger partial charge is 0.331 e. The molecule has 0 amide bonds. The van der Waals surface area contributed by atoms with Crippen molar-refractivity contribution in [1.29, 1.82) is 0 Å². The Labute approximate surface area is 132 Å². The lowest BCUT2D eigenvalue weighted by Gasteiger charge is -2.29. The fourth-order valence-corrected chi connectivity index (χ4v) is 3.05. The highest BCUT2D eigenvalue weighted by molar-refractivity contribution is 5.85. The lowest BCUT2D eigenvalue weighted by molar-refractivity contribution is 0.589. The Bertz CT molecular complexity index is 889. The molecular weight excluding hydrogens is 292 g/mol. The van der Waals surface area contributed by atoms with Crippen LogP contribution in [0.3, 0.4) is 0 Å². The lowest BCUT2D eigenvalue weighted by atomic mass is 10.2. The van der Waals surface area contributed by atoms with E-state index in [4.69, 9.17) is 5.73 Å². The second kappa shape index (κ2) is 5.44. The number of nitrogens with two attached hydrogens (primary N) is 1. The molecular formula is C16H18N6O. The molecule has 1 fully saturated rings. The molecule has 0 unspecified atom stereocenters. The zero-order valence-electron chi connectivity index (χ0n) is 12.6. The molecule has 1 saturated heterocycles. The van der Waals surface area contributed by atoms with E-state index in [1.165, 1.54) is 5.69 Å². The first-order valence-corrected chi connectivity index (χ1v) is 7.65. The Morgan fingerprint density at radius 2 is 1.74 bits per heavy atom. The maximum absolute atomic E-state index is 12.3. The number of H-pyrrole nitrogens is 1. The fourth-order valence-electron chi connectivity index (χ4n) is 3.05. The zero-order chi connectivity index (χ0) is 15.8. The first kappa shape index (κ1) is 13.8. The monoisotopic (exact) mass is 310 g/mol. The molecule has 1 aliphatic heterocycles. The number of hydrogen-bond donors (Lipinski definition) is 3. The van der Waals surface area contributed by atoms with Crippen molar-refractivity contribution >= 4 is 22.5 Å². The van der Waals surface area contributed by atoms with Crippen LogP contribution in [0, 0.1) is 0 Å². The normalized spacial score (nSPS) is 15.2. The third-order valence-electron chi connectivity index (χ3n) is 4.22. The van der Waals surface area contributed by atoms with Crippen LogP contribution < -0.4 is 21.6 Å². The molecule has 0 atom stereocenters. The van der Waals surface area contributed by atoms with E-state index < -0.39 is 0 Å². The molecule has 118 valence electrons. The largest absolute Gasteiger partial charge is 0.382 e. The number of imidazole rings is 1. The summed E-state index contributed by atoms with van der Waals surface area (Å²) in [5, 5.41) is 3.34. The SMILES string of the molecule is Nc1nccc2c1[nH]c(=O)n2-c1ccc(N2CCNCC2)cc1. The third-order valence-corrected chi connectivity index (χ3v) is 4.22. The van der Waals surface area contributed by atoms with Gasteiger partial charge in [-0.3, -0.25) is 4.57 Å². The predicted octanol–water partition coefficient (Wildman–Crippen LogP) is 0.706. The average molecular weight is 310 g/mol. The van der Waals surface area contributed by atoms with Crippen LogP contribution in [0.2, 0.25) is 0 Å². The summed E-state index contributed by atoms with van der Waals surface area (Å²) in [5.74, 6) is 0.329. The fraction of sp³-hybridized carbons (Fsp3) is 0.250. The van der Waals surface area contributed by atoms with E-state index in [1.807, 2.05) is 12.1 Å². The van der Waals surface area contributed by atoms with Gasteiger partial charge in [0, 0.05) is 38.1 Å². The molecule has 4 rings (SSSR count). The van der Waals surface area contributed by atoms with Crippen molar-refractivity contribution in [1.82, 2.24) is 19.9 Å². The van der Waals surface area contributed by atoms with Gasteiger partial charge >= 0.3 is 5.69 Å². The Hall–Kier alpha value is -2.80. The summed E-state index contributed by atoms with van der Waals surface area (Å²) in [6.45, 7) is 3.98. The molecule has 0 spiro atoms. The Kier molecular flexibility index (Phi) is 3.27. The molecule has 0 bridgehead atoms. The van der Waals surface area contributed by atoms with Crippen LogP contribution in [-0.4, -0.2) is 40.7 Å². The molecule has 4 N–H and O–H groups in total. The van der Waals surface area contributed by atoms with E-state index >= 15 is 0 Å². The summed E-state index contributed by atoms with van der Waals surface area (Å²) in [6.07, 6.45) is 1.61. The van der Waals surface area contributed by atoms with Gasteiger partial charge in [0.1, 0.15) is 11.3 Å². The van der Waals surface area contributed by atoms with Gasteiger partial charge in [-0.1, -0.05) is 0 Å². The average Bonchev–Trinajstić information content (AvgIpc) is 2.93. The topological polar surface area (TPSA) is 92.0 Å². The molecule has 3 heterocycles. The minimum atomic E-state index is -0.213. The van der Waals surface area contributed by atoms with Crippen LogP contribution in [0.4, 0.5) is 11.5 Å². The van der Waals surface area contributed by atoms with Crippen molar-refractivity contribution in [2.75, 3.05) is 36.8 Å². The van der Waals surface area contributed by atoms with Crippen molar-refractivity contribution in [3.63, 3.8) is 0 Å². The number of anilines is 2. The minimum Gasteiger partial charge on any atom is -0.382 e. The number of benzene rings is 1. The Morgan fingerprint density at radius 3 is 2.48 bits per heavy atom. The number of rotatable bonds is 2. The summed E-state index contributed by atoms with van der Waals surface area (Å²) in [4.78, 5) is 21.4. The first-order chi connectivity index (χ1) is 11.2. The van der Waals surface area contributed by atoms with Crippen LogP contribution in [-0.2, 0) is 0 Å². The van der Waals surface area contributed by atoms with Crippen LogP contribution in [0.5, 0.6) is 0 Å². The first-order valence-electron chi connectivity index (χ1n) is 7.65. The summed E-state index contributed by atoms with van der Waals surface area (Å²) in [6, 6.07) is 9.81. The number of aromatic amines is 1. The van der Waals surface area contributed by atoms with Crippen molar-refractivity contribution in [3.05, 3.63) is 47.0 Å². The molecule has 3 aromatic rings. The van der Waals surface area contributed by atoms with E-state index in [1.54, 1.807) is 16.8 Å². The molecule has 7 heteroatoms. The van der Waals surface area contributed by atoms with Gasteiger partial charge < -0.3 is 20.9 Å². The number of nitrogens with one attached hydrogen (secondary N) is 2. The third kappa shape index (κ3) is 2.35. The Morgan fingerprint density at radius 1 is 1.04 bits per heavy atom. The van der Waals surface area contributed by atoms with Crippen LogP contribution in [0.25, 0.3) is 16.7 Å². The van der Waals surface area contributed by atoms with Gasteiger partial charge in [-0.25, -0.2) is 9.78 Å². The summed E-state index contributed by atoms with van der Waals surface area (Å²) in [5.41, 5.74) is 8.91. The van der Waals surface area contributed by atoms with Crippen molar-refractivity contribution < 1.29 is 0 Å².